The lowest BCUT2D eigenvalue weighted by molar-refractivity contribution is 0.0779. The van der Waals surface area contributed by atoms with Crippen molar-refractivity contribution in [2.75, 3.05) is 7.05 Å². The Hall–Kier alpha value is -2.31. The molecule has 2 heterocycles. The molecule has 0 bridgehead atoms. The van der Waals surface area contributed by atoms with Crippen molar-refractivity contribution in [2.24, 2.45) is 0 Å². The van der Waals surface area contributed by atoms with Crippen LogP contribution in [0.5, 0.6) is 0 Å². The van der Waals surface area contributed by atoms with Crippen molar-refractivity contribution in [3.8, 4) is 11.3 Å². The molecule has 8 heteroatoms. The van der Waals surface area contributed by atoms with E-state index in [0.29, 0.717) is 28.0 Å². The molecule has 0 atom stereocenters. The van der Waals surface area contributed by atoms with Crippen LogP contribution < -0.4 is 0 Å². The smallest absolute Gasteiger partial charge is 0.271 e. The van der Waals surface area contributed by atoms with Gasteiger partial charge >= 0.3 is 0 Å². The minimum absolute atomic E-state index is 0.151. The number of halogens is 2. The van der Waals surface area contributed by atoms with Gasteiger partial charge in [-0.2, -0.15) is 10.2 Å². The van der Waals surface area contributed by atoms with Crippen LogP contribution >= 0.6 is 23.2 Å². The van der Waals surface area contributed by atoms with Crippen LogP contribution in [0.3, 0.4) is 0 Å². The Balaban J connectivity index is 1.80. The van der Waals surface area contributed by atoms with Gasteiger partial charge in [0.15, 0.2) is 0 Å². The van der Waals surface area contributed by atoms with Gasteiger partial charge in [-0.15, -0.1) is 0 Å². The summed E-state index contributed by atoms with van der Waals surface area (Å²) in [6.45, 7) is 7.31. The lowest BCUT2D eigenvalue weighted by Gasteiger charge is -2.16. The summed E-state index contributed by atoms with van der Waals surface area (Å²) >= 11 is 12.2. The van der Waals surface area contributed by atoms with Crippen molar-refractivity contribution < 1.29 is 4.79 Å². The number of hydrogen-bond acceptors (Lipinski definition) is 3. The molecule has 142 valence electrons. The Morgan fingerprint density at radius 3 is 2.63 bits per heavy atom. The van der Waals surface area contributed by atoms with Gasteiger partial charge in [0.25, 0.3) is 5.91 Å². The first-order valence-corrected chi connectivity index (χ1v) is 9.36. The summed E-state index contributed by atoms with van der Waals surface area (Å²) in [4.78, 5) is 14.5. The topological polar surface area (TPSA) is 66.8 Å². The number of aromatic amines is 1. The Morgan fingerprint density at radius 1 is 1.26 bits per heavy atom. The number of aromatic nitrogens is 4. The fourth-order valence-corrected chi connectivity index (χ4v) is 3.56. The summed E-state index contributed by atoms with van der Waals surface area (Å²) in [6, 6.07) is 6.87. The first-order chi connectivity index (χ1) is 12.8. The molecule has 0 saturated heterocycles. The summed E-state index contributed by atoms with van der Waals surface area (Å²) in [6.07, 6.45) is 0. The molecule has 0 unspecified atom stereocenters. The summed E-state index contributed by atoms with van der Waals surface area (Å²) in [5.41, 5.74) is 4.79. The molecule has 27 heavy (non-hydrogen) atoms. The molecule has 0 spiro atoms. The van der Waals surface area contributed by atoms with E-state index in [-0.39, 0.29) is 5.91 Å². The van der Waals surface area contributed by atoms with Crippen LogP contribution in [-0.2, 0) is 13.1 Å². The zero-order valence-corrected chi connectivity index (χ0v) is 17.2. The quantitative estimate of drug-likeness (QED) is 0.679. The number of benzene rings is 1. The minimum atomic E-state index is -0.151. The van der Waals surface area contributed by atoms with Crippen LogP contribution in [0.15, 0.2) is 24.3 Å². The maximum Gasteiger partial charge on any atom is 0.271 e. The predicted octanol–water partition coefficient (Wildman–Crippen LogP) is 4.49. The summed E-state index contributed by atoms with van der Waals surface area (Å²) in [5, 5.41) is 12.6. The van der Waals surface area contributed by atoms with Crippen LogP contribution in [0.25, 0.3) is 11.3 Å². The molecule has 0 radical (unpaired) electrons. The normalized spacial score (nSPS) is 11.0. The van der Waals surface area contributed by atoms with Crippen molar-refractivity contribution in [1.82, 2.24) is 24.9 Å². The van der Waals surface area contributed by atoms with Crippen molar-refractivity contribution in [1.29, 1.82) is 0 Å². The number of hydrogen-bond donors (Lipinski definition) is 1. The van der Waals surface area contributed by atoms with Crippen molar-refractivity contribution in [3.63, 3.8) is 0 Å². The first-order valence-electron chi connectivity index (χ1n) is 8.61. The molecule has 0 aliphatic rings. The summed E-state index contributed by atoms with van der Waals surface area (Å²) in [7, 11) is 1.76. The Morgan fingerprint density at radius 2 is 2.00 bits per heavy atom. The average molecular weight is 406 g/mol. The second kappa shape index (κ2) is 7.74. The van der Waals surface area contributed by atoms with Crippen LogP contribution in [-0.4, -0.2) is 37.8 Å². The van der Waals surface area contributed by atoms with Crippen LogP contribution in [0.1, 0.15) is 34.4 Å². The van der Waals surface area contributed by atoms with Gasteiger partial charge in [0.2, 0.25) is 0 Å². The van der Waals surface area contributed by atoms with Gasteiger partial charge in [0.1, 0.15) is 5.69 Å². The number of nitrogens with zero attached hydrogens (tertiary/aromatic N) is 4. The predicted molar refractivity (Wildman–Crippen MR) is 107 cm³/mol. The highest BCUT2D eigenvalue weighted by molar-refractivity contribution is 6.36. The first kappa shape index (κ1) is 19.5. The molecule has 0 fully saturated rings. The molecule has 3 aromatic rings. The van der Waals surface area contributed by atoms with E-state index in [0.717, 1.165) is 29.1 Å². The largest absolute Gasteiger partial charge is 0.336 e. The molecule has 1 N–H and O–H groups in total. The third-order valence-electron chi connectivity index (χ3n) is 4.59. The zero-order valence-electron chi connectivity index (χ0n) is 15.7. The second-order valence-electron chi connectivity index (χ2n) is 6.42. The molecule has 0 saturated carbocycles. The molecule has 3 rings (SSSR count). The van der Waals surface area contributed by atoms with E-state index in [2.05, 4.69) is 15.3 Å². The fourth-order valence-electron chi connectivity index (χ4n) is 3.05. The van der Waals surface area contributed by atoms with Crippen molar-refractivity contribution >= 4 is 29.1 Å². The van der Waals surface area contributed by atoms with Crippen LogP contribution in [0, 0.1) is 13.8 Å². The number of H-pyrrole nitrogens is 1. The fraction of sp³-hybridized carbons (Fsp3) is 0.316. The molecule has 0 aliphatic carbocycles. The van der Waals surface area contributed by atoms with Gasteiger partial charge in [-0.25, -0.2) is 0 Å². The minimum Gasteiger partial charge on any atom is -0.336 e. The Labute approximate surface area is 168 Å². The van der Waals surface area contributed by atoms with Gasteiger partial charge in [0, 0.05) is 42.0 Å². The highest BCUT2D eigenvalue weighted by Crippen LogP contribution is 2.29. The van der Waals surface area contributed by atoms with Crippen molar-refractivity contribution in [2.45, 2.75) is 33.9 Å². The van der Waals surface area contributed by atoms with Gasteiger partial charge in [0.05, 0.1) is 16.4 Å². The van der Waals surface area contributed by atoms with E-state index in [1.165, 1.54) is 0 Å². The van der Waals surface area contributed by atoms with Gasteiger partial charge in [-0.3, -0.25) is 14.6 Å². The molecular formula is C19H21Cl2N5O. The molecule has 1 amide bonds. The van der Waals surface area contributed by atoms with E-state index < -0.39 is 0 Å². The number of carbonyl (C=O) groups excluding carboxylic acids is 1. The summed E-state index contributed by atoms with van der Waals surface area (Å²) in [5.74, 6) is -0.151. The maximum absolute atomic E-state index is 12.8. The number of rotatable bonds is 5. The maximum atomic E-state index is 12.8. The van der Waals surface area contributed by atoms with E-state index in [1.54, 1.807) is 36.2 Å². The SMILES string of the molecule is CCn1nc(C)c(CN(C)C(=O)c2cc(-c3ccc(Cl)cc3Cl)n[nH]2)c1C. The van der Waals surface area contributed by atoms with E-state index in [1.807, 2.05) is 25.5 Å². The standard InChI is InChI=1S/C19H21Cl2N5O/c1-5-26-12(3)15(11(2)24-26)10-25(4)19(27)18-9-17(22-23-18)14-7-6-13(20)8-16(14)21/h6-9H,5,10H2,1-4H3,(H,22,23). The van der Waals surface area contributed by atoms with Crippen LogP contribution in [0.2, 0.25) is 10.0 Å². The van der Waals surface area contributed by atoms with Gasteiger partial charge in [-0.1, -0.05) is 23.2 Å². The molecule has 0 aliphatic heterocycles. The van der Waals surface area contributed by atoms with E-state index >= 15 is 0 Å². The number of nitrogens with one attached hydrogen (secondary N) is 1. The highest BCUT2D eigenvalue weighted by atomic mass is 35.5. The van der Waals surface area contributed by atoms with Crippen molar-refractivity contribution in [3.05, 3.63) is 57.0 Å². The monoisotopic (exact) mass is 405 g/mol. The lowest BCUT2D eigenvalue weighted by atomic mass is 10.1. The number of carbonyl (C=O) groups is 1. The highest BCUT2D eigenvalue weighted by Gasteiger charge is 2.20. The molecule has 2 aromatic heterocycles. The lowest BCUT2D eigenvalue weighted by Crippen LogP contribution is -2.27. The number of aryl methyl sites for hydroxylation is 2. The van der Waals surface area contributed by atoms with Crippen LogP contribution in [0.4, 0.5) is 0 Å². The number of amides is 1. The third kappa shape index (κ3) is 3.87. The Kier molecular flexibility index (Phi) is 5.58. The van der Waals surface area contributed by atoms with E-state index in [9.17, 15) is 4.79 Å². The Bertz CT molecular complexity index is 992. The zero-order chi connectivity index (χ0) is 19.7. The third-order valence-corrected chi connectivity index (χ3v) is 5.14. The van der Waals surface area contributed by atoms with Gasteiger partial charge in [-0.05, 0) is 45.0 Å². The molecule has 1 aromatic carbocycles. The van der Waals surface area contributed by atoms with E-state index in [4.69, 9.17) is 23.2 Å². The summed E-state index contributed by atoms with van der Waals surface area (Å²) < 4.78 is 1.94. The second-order valence-corrected chi connectivity index (χ2v) is 7.26. The average Bonchev–Trinajstić information content (AvgIpc) is 3.21. The van der Waals surface area contributed by atoms with Gasteiger partial charge < -0.3 is 4.90 Å². The molecular weight excluding hydrogens is 385 g/mol. The molecule has 6 nitrogen and oxygen atoms in total.